The van der Waals surface area contributed by atoms with Gasteiger partial charge in [0.2, 0.25) is 10.0 Å². The zero-order chi connectivity index (χ0) is 14.5. The fraction of sp³-hybridized carbons (Fsp3) is 0.455. The van der Waals surface area contributed by atoms with Crippen LogP contribution < -0.4 is 10.5 Å². The average molecular weight is 290 g/mol. The molecule has 0 aromatic heterocycles. The van der Waals surface area contributed by atoms with Crippen molar-refractivity contribution >= 4 is 15.7 Å². The lowest BCUT2D eigenvalue weighted by Crippen LogP contribution is -2.57. The molecule has 108 valence electrons. The Kier molecular flexibility index (Phi) is 5.27. The standard InChI is InChI=1S/C11H18N2O5S/c12-10-4-2-1-3-9(10)5-19(17,18)13-11(6-14,7-15)8-16/h1-4,13-16H,5-8,12H2. The molecule has 19 heavy (non-hydrogen) atoms. The minimum absolute atomic E-state index is 0.329. The number of rotatable bonds is 7. The summed E-state index contributed by atoms with van der Waals surface area (Å²) in [4.78, 5) is 0. The van der Waals surface area contributed by atoms with E-state index in [9.17, 15) is 8.42 Å². The van der Waals surface area contributed by atoms with Gasteiger partial charge < -0.3 is 21.1 Å². The van der Waals surface area contributed by atoms with Gasteiger partial charge in [-0.25, -0.2) is 13.1 Å². The lowest BCUT2D eigenvalue weighted by atomic mass is 10.1. The van der Waals surface area contributed by atoms with Crippen LogP contribution in [0.15, 0.2) is 24.3 Å². The monoisotopic (exact) mass is 290 g/mol. The highest BCUT2D eigenvalue weighted by Gasteiger charge is 2.33. The first kappa shape index (κ1) is 15.9. The molecule has 0 saturated heterocycles. The van der Waals surface area contributed by atoms with Crippen LogP contribution in [0, 0.1) is 0 Å². The van der Waals surface area contributed by atoms with E-state index in [1.807, 2.05) is 0 Å². The Morgan fingerprint density at radius 3 is 2.11 bits per heavy atom. The van der Waals surface area contributed by atoms with Crippen LogP contribution in [0.3, 0.4) is 0 Å². The van der Waals surface area contributed by atoms with Crippen LogP contribution in [-0.4, -0.2) is 49.1 Å². The van der Waals surface area contributed by atoms with Crippen molar-refractivity contribution in [1.29, 1.82) is 0 Å². The molecule has 0 heterocycles. The highest BCUT2D eigenvalue weighted by atomic mass is 32.2. The Morgan fingerprint density at radius 1 is 1.11 bits per heavy atom. The fourth-order valence-corrected chi connectivity index (χ4v) is 3.08. The first-order valence-electron chi connectivity index (χ1n) is 5.56. The molecule has 0 bridgehead atoms. The van der Waals surface area contributed by atoms with Crippen LogP contribution >= 0.6 is 0 Å². The molecule has 0 fully saturated rings. The van der Waals surface area contributed by atoms with Gasteiger partial charge in [0.15, 0.2) is 0 Å². The van der Waals surface area contributed by atoms with Crippen molar-refractivity contribution in [2.45, 2.75) is 11.3 Å². The zero-order valence-corrected chi connectivity index (χ0v) is 11.1. The van der Waals surface area contributed by atoms with Gasteiger partial charge in [-0.2, -0.15) is 0 Å². The lowest BCUT2D eigenvalue weighted by molar-refractivity contribution is 0.0581. The van der Waals surface area contributed by atoms with E-state index in [0.29, 0.717) is 11.3 Å². The summed E-state index contributed by atoms with van der Waals surface area (Å²) in [6.07, 6.45) is 0. The molecule has 0 saturated carbocycles. The topological polar surface area (TPSA) is 133 Å². The van der Waals surface area contributed by atoms with Crippen LogP contribution in [0.4, 0.5) is 5.69 Å². The van der Waals surface area contributed by atoms with Crippen molar-refractivity contribution in [3.05, 3.63) is 29.8 Å². The van der Waals surface area contributed by atoms with Gasteiger partial charge in [0.1, 0.15) is 5.54 Å². The lowest BCUT2D eigenvalue weighted by Gasteiger charge is -2.28. The molecule has 0 spiro atoms. The van der Waals surface area contributed by atoms with E-state index in [0.717, 1.165) is 0 Å². The molecule has 0 atom stereocenters. The van der Waals surface area contributed by atoms with Gasteiger partial charge >= 0.3 is 0 Å². The minimum Gasteiger partial charge on any atom is -0.398 e. The van der Waals surface area contributed by atoms with E-state index in [1.54, 1.807) is 24.3 Å². The third-order valence-corrected chi connectivity index (χ3v) is 4.12. The first-order chi connectivity index (χ1) is 8.88. The highest BCUT2D eigenvalue weighted by Crippen LogP contribution is 2.15. The summed E-state index contributed by atoms with van der Waals surface area (Å²) in [6.45, 7) is -2.16. The van der Waals surface area contributed by atoms with E-state index >= 15 is 0 Å². The Bertz CT molecular complexity index is 505. The number of hydrogen-bond donors (Lipinski definition) is 5. The van der Waals surface area contributed by atoms with Gasteiger partial charge in [0, 0.05) is 5.69 Å². The van der Waals surface area contributed by atoms with Gasteiger partial charge in [0.25, 0.3) is 0 Å². The minimum atomic E-state index is -3.86. The summed E-state index contributed by atoms with van der Waals surface area (Å²) in [5, 5.41) is 27.3. The Balaban J connectivity index is 2.91. The number of hydrogen-bond acceptors (Lipinski definition) is 6. The molecule has 8 heteroatoms. The summed E-state index contributed by atoms with van der Waals surface area (Å²) >= 11 is 0. The predicted molar refractivity (Wildman–Crippen MR) is 70.6 cm³/mol. The molecule has 0 aliphatic rings. The Morgan fingerprint density at radius 2 is 1.63 bits per heavy atom. The van der Waals surface area contributed by atoms with Gasteiger partial charge in [-0.1, -0.05) is 18.2 Å². The SMILES string of the molecule is Nc1ccccc1CS(=O)(=O)NC(CO)(CO)CO. The van der Waals surface area contributed by atoms with Gasteiger partial charge in [-0.15, -0.1) is 0 Å². The van der Waals surface area contributed by atoms with E-state index in [2.05, 4.69) is 4.72 Å². The summed E-state index contributed by atoms with van der Waals surface area (Å²) in [5.74, 6) is -0.401. The summed E-state index contributed by atoms with van der Waals surface area (Å²) in [6, 6.07) is 6.46. The third-order valence-electron chi connectivity index (χ3n) is 2.68. The molecule has 1 rings (SSSR count). The van der Waals surface area contributed by atoms with Crippen molar-refractivity contribution in [2.24, 2.45) is 0 Å². The summed E-state index contributed by atoms with van der Waals surface area (Å²) in [7, 11) is -3.86. The Hall–Kier alpha value is -1.19. The van der Waals surface area contributed by atoms with Crippen LogP contribution in [0.1, 0.15) is 5.56 Å². The smallest absolute Gasteiger partial charge is 0.216 e. The molecule has 0 aliphatic carbocycles. The second kappa shape index (κ2) is 6.31. The van der Waals surface area contributed by atoms with Gasteiger partial charge in [0.05, 0.1) is 25.6 Å². The summed E-state index contributed by atoms with van der Waals surface area (Å²) < 4.78 is 26.0. The number of nitrogens with one attached hydrogen (secondary N) is 1. The number of para-hydroxylation sites is 1. The first-order valence-corrected chi connectivity index (χ1v) is 7.21. The maximum absolute atomic E-state index is 11.9. The van der Waals surface area contributed by atoms with Crippen LogP contribution in [0.2, 0.25) is 0 Å². The van der Waals surface area contributed by atoms with Crippen molar-refractivity contribution in [3.63, 3.8) is 0 Å². The normalized spacial score (nSPS) is 12.6. The third kappa shape index (κ3) is 4.15. The highest BCUT2D eigenvalue weighted by molar-refractivity contribution is 7.88. The van der Waals surface area contributed by atoms with Crippen LogP contribution in [-0.2, 0) is 15.8 Å². The van der Waals surface area contributed by atoms with E-state index < -0.39 is 41.1 Å². The van der Waals surface area contributed by atoms with E-state index in [4.69, 9.17) is 21.1 Å². The molecule has 0 unspecified atom stereocenters. The second-order valence-corrected chi connectivity index (χ2v) is 6.04. The van der Waals surface area contributed by atoms with Gasteiger partial charge in [-0.05, 0) is 11.6 Å². The number of aliphatic hydroxyl groups excluding tert-OH is 3. The predicted octanol–water partition coefficient (Wildman–Crippen LogP) is -1.60. The second-order valence-electron chi connectivity index (χ2n) is 4.31. The molecular weight excluding hydrogens is 272 g/mol. The maximum Gasteiger partial charge on any atom is 0.216 e. The van der Waals surface area contributed by atoms with Gasteiger partial charge in [-0.3, -0.25) is 0 Å². The Labute approximate surface area is 111 Å². The molecule has 7 nitrogen and oxygen atoms in total. The number of anilines is 1. The maximum atomic E-state index is 11.9. The molecule has 6 N–H and O–H groups in total. The molecule has 0 radical (unpaired) electrons. The number of sulfonamides is 1. The van der Waals surface area contributed by atoms with Crippen molar-refractivity contribution in [3.8, 4) is 0 Å². The largest absolute Gasteiger partial charge is 0.398 e. The quantitative estimate of drug-likeness (QED) is 0.384. The molecule has 0 amide bonds. The van der Waals surface area contributed by atoms with Crippen molar-refractivity contribution < 1.29 is 23.7 Å². The average Bonchev–Trinajstić information content (AvgIpc) is 2.39. The molecule has 1 aromatic carbocycles. The number of nitrogen functional groups attached to an aromatic ring is 1. The number of nitrogens with two attached hydrogens (primary N) is 1. The summed E-state index contributed by atoms with van der Waals surface area (Å²) in [5.41, 5.74) is 4.70. The van der Waals surface area contributed by atoms with Crippen molar-refractivity contribution in [2.75, 3.05) is 25.6 Å². The van der Waals surface area contributed by atoms with Crippen LogP contribution in [0.5, 0.6) is 0 Å². The molecule has 1 aromatic rings. The zero-order valence-electron chi connectivity index (χ0n) is 10.3. The van der Waals surface area contributed by atoms with E-state index in [-0.39, 0.29) is 0 Å². The van der Waals surface area contributed by atoms with Crippen molar-refractivity contribution in [1.82, 2.24) is 4.72 Å². The number of benzene rings is 1. The van der Waals surface area contributed by atoms with Crippen LogP contribution in [0.25, 0.3) is 0 Å². The molecule has 0 aliphatic heterocycles. The molecular formula is C11H18N2O5S. The fourth-order valence-electron chi connectivity index (χ4n) is 1.48. The number of aliphatic hydroxyl groups is 3. The van der Waals surface area contributed by atoms with E-state index in [1.165, 1.54) is 0 Å².